The van der Waals surface area contributed by atoms with E-state index in [0.29, 0.717) is 37.5 Å². The quantitative estimate of drug-likeness (QED) is 0.330. The lowest BCUT2D eigenvalue weighted by Gasteiger charge is -2.47. The molecule has 6 atom stereocenters. The van der Waals surface area contributed by atoms with E-state index >= 15 is 0 Å². The fraction of sp³-hybridized carbons (Fsp3) is 0.741. The molecular weight excluding hydrogens is 522 g/mol. The van der Waals surface area contributed by atoms with Gasteiger partial charge in [0.1, 0.15) is 11.5 Å². The van der Waals surface area contributed by atoms with Gasteiger partial charge in [-0.1, -0.05) is 13.8 Å². The molecule has 4 aliphatic heterocycles. The molecule has 11 nitrogen and oxygen atoms in total. The second-order valence-corrected chi connectivity index (χ2v) is 12.7. The van der Waals surface area contributed by atoms with Crippen LogP contribution in [-0.4, -0.2) is 107 Å². The summed E-state index contributed by atoms with van der Waals surface area (Å²) in [7, 11) is 1.71. The van der Waals surface area contributed by atoms with E-state index in [1.165, 1.54) is 23.6 Å². The van der Waals surface area contributed by atoms with E-state index in [-0.39, 0.29) is 64.7 Å². The van der Waals surface area contributed by atoms with Crippen LogP contribution in [0.1, 0.15) is 52.9 Å². The summed E-state index contributed by atoms with van der Waals surface area (Å²) in [6.07, 6.45) is 3.12. The van der Waals surface area contributed by atoms with Gasteiger partial charge in [-0.3, -0.25) is 19.7 Å². The van der Waals surface area contributed by atoms with Gasteiger partial charge in [0.2, 0.25) is 17.7 Å². The lowest BCUT2D eigenvalue weighted by Crippen LogP contribution is -2.62. The second-order valence-electron chi connectivity index (χ2n) is 11.4. The zero-order valence-electron chi connectivity index (χ0n) is 23.3. The standard InChI is InChI=1S/C27H41N5O6S/c1-15(11-16(2)33)21-22-17(3)24(23(27(37)38)32(22)26(21)36)39-18-12-19(29-13-18)25(35)30(4)10-7-20(34)31-9-6-5-8-28-14-31/h15,17-19,21-22,28-29H,5-14H2,1-4H3,(H,37,38)/t15-,17+,18?,19-,21+,22+/m0/s1. The summed E-state index contributed by atoms with van der Waals surface area (Å²) in [5, 5.41) is 16.5. The summed E-state index contributed by atoms with van der Waals surface area (Å²) in [5.41, 5.74) is 0.0437. The molecule has 3 amide bonds. The maximum absolute atomic E-state index is 13.1. The number of rotatable bonds is 10. The second kappa shape index (κ2) is 12.4. The first-order valence-electron chi connectivity index (χ1n) is 13.9. The van der Waals surface area contributed by atoms with Crippen molar-refractivity contribution in [3.8, 4) is 0 Å². The Hall–Kier alpha value is -2.44. The molecule has 1 unspecified atom stereocenters. The first kappa shape index (κ1) is 29.5. The monoisotopic (exact) mass is 563 g/mol. The van der Waals surface area contributed by atoms with Crippen LogP contribution in [0.5, 0.6) is 0 Å². The van der Waals surface area contributed by atoms with E-state index in [1.807, 2.05) is 18.7 Å². The van der Waals surface area contributed by atoms with Crippen LogP contribution in [0.3, 0.4) is 0 Å². The van der Waals surface area contributed by atoms with Gasteiger partial charge in [-0.2, -0.15) is 0 Å². The van der Waals surface area contributed by atoms with E-state index in [1.54, 1.807) is 11.9 Å². The number of carbonyl (C=O) groups excluding carboxylic acids is 4. The highest BCUT2D eigenvalue weighted by Gasteiger charge is 2.60. The number of Topliss-reactive ketones (excluding diaryl/α,β-unsaturated/α-hetero) is 1. The predicted molar refractivity (Wildman–Crippen MR) is 146 cm³/mol. The number of nitrogens with one attached hydrogen (secondary N) is 2. The van der Waals surface area contributed by atoms with E-state index in [4.69, 9.17) is 0 Å². The summed E-state index contributed by atoms with van der Waals surface area (Å²) in [6.45, 7) is 8.41. The van der Waals surface area contributed by atoms with Gasteiger partial charge in [0, 0.05) is 55.6 Å². The minimum absolute atomic E-state index is 0.0152. The molecule has 4 heterocycles. The Morgan fingerprint density at radius 3 is 2.67 bits per heavy atom. The minimum atomic E-state index is -1.12. The number of thioether (sulfide) groups is 1. The molecule has 0 aliphatic carbocycles. The van der Waals surface area contributed by atoms with Crippen LogP contribution in [0.2, 0.25) is 0 Å². The highest BCUT2D eigenvalue weighted by Crippen LogP contribution is 2.53. The van der Waals surface area contributed by atoms with Crippen molar-refractivity contribution in [2.24, 2.45) is 17.8 Å². The third kappa shape index (κ3) is 6.17. The average Bonchev–Trinajstić information content (AvgIpc) is 3.30. The molecule has 12 heteroatoms. The smallest absolute Gasteiger partial charge is 0.353 e. The molecule has 0 saturated carbocycles. The SMILES string of the molecule is CC(=O)C[C@H](C)[C@H]1C(=O)N2C(C(=O)O)=C(SC3CN[C@H](C(=O)N(C)CCC(=O)N4CCCCNC4)C3)[C@H](C)[C@H]12. The van der Waals surface area contributed by atoms with Gasteiger partial charge in [0.15, 0.2) is 0 Å². The van der Waals surface area contributed by atoms with Crippen molar-refractivity contribution in [1.29, 1.82) is 0 Å². The van der Waals surface area contributed by atoms with E-state index < -0.39 is 12.0 Å². The van der Waals surface area contributed by atoms with Gasteiger partial charge in [-0.05, 0) is 38.6 Å². The van der Waals surface area contributed by atoms with Crippen molar-refractivity contribution < 1.29 is 29.1 Å². The van der Waals surface area contributed by atoms with Gasteiger partial charge in [0.05, 0.1) is 24.7 Å². The molecule has 4 rings (SSSR count). The molecule has 0 aromatic carbocycles. The van der Waals surface area contributed by atoms with Crippen molar-refractivity contribution in [2.45, 2.75) is 70.2 Å². The number of fused-ring (bicyclic) bond motifs is 1. The zero-order valence-corrected chi connectivity index (χ0v) is 24.1. The number of hydrogen-bond donors (Lipinski definition) is 3. The number of carboxylic acid groups (broad SMARTS) is 1. The van der Waals surface area contributed by atoms with Crippen molar-refractivity contribution in [2.75, 3.05) is 39.9 Å². The summed E-state index contributed by atoms with van der Waals surface area (Å²) in [5.74, 6) is -2.05. The van der Waals surface area contributed by atoms with Crippen LogP contribution in [0.4, 0.5) is 0 Å². The minimum Gasteiger partial charge on any atom is -0.477 e. The van der Waals surface area contributed by atoms with Crippen molar-refractivity contribution in [1.82, 2.24) is 25.3 Å². The van der Waals surface area contributed by atoms with Gasteiger partial charge in [0.25, 0.3) is 0 Å². The van der Waals surface area contributed by atoms with Crippen LogP contribution < -0.4 is 10.6 Å². The number of carbonyl (C=O) groups is 5. The normalized spacial score (nSPS) is 29.5. The first-order chi connectivity index (χ1) is 18.5. The molecule has 3 saturated heterocycles. The van der Waals surface area contributed by atoms with Gasteiger partial charge in [-0.25, -0.2) is 4.79 Å². The fourth-order valence-electron chi connectivity index (χ4n) is 6.36. The fourth-order valence-corrected chi connectivity index (χ4v) is 7.84. The predicted octanol–water partition coefficient (Wildman–Crippen LogP) is 0.856. The van der Waals surface area contributed by atoms with Gasteiger partial charge in [-0.15, -0.1) is 11.8 Å². The van der Waals surface area contributed by atoms with Crippen molar-refractivity contribution in [3.05, 3.63) is 10.6 Å². The third-order valence-corrected chi connectivity index (χ3v) is 9.93. The first-order valence-corrected chi connectivity index (χ1v) is 14.8. The molecule has 216 valence electrons. The third-order valence-electron chi connectivity index (χ3n) is 8.42. The number of β-lactam (4-membered cyclic amide) rings is 1. The maximum atomic E-state index is 13.1. The summed E-state index contributed by atoms with van der Waals surface area (Å²) < 4.78 is 0. The molecule has 0 radical (unpaired) electrons. The molecule has 0 aromatic rings. The zero-order chi connectivity index (χ0) is 28.4. The van der Waals surface area contributed by atoms with Gasteiger partial charge >= 0.3 is 5.97 Å². The van der Waals surface area contributed by atoms with E-state index in [9.17, 15) is 29.1 Å². The molecule has 3 N–H and O–H groups in total. The summed E-state index contributed by atoms with van der Waals surface area (Å²) in [4.78, 5) is 68.0. The Morgan fingerprint density at radius 2 is 1.97 bits per heavy atom. The number of likely N-dealkylation sites (N-methyl/N-ethyl adjacent to an activating group) is 1. The van der Waals surface area contributed by atoms with Gasteiger partial charge < -0.3 is 29.9 Å². The largest absolute Gasteiger partial charge is 0.477 e. The maximum Gasteiger partial charge on any atom is 0.353 e. The molecule has 3 fully saturated rings. The number of nitrogens with zero attached hydrogens (tertiary/aromatic N) is 3. The van der Waals surface area contributed by atoms with Crippen LogP contribution in [0.25, 0.3) is 0 Å². The van der Waals surface area contributed by atoms with Crippen LogP contribution in [-0.2, 0) is 24.0 Å². The van der Waals surface area contributed by atoms with E-state index in [2.05, 4.69) is 10.6 Å². The van der Waals surface area contributed by atoms with E-state index in [0.717, 1.165) is 25.9 Å². The Balaban J connectivity index is 1.33. The Bertz CT molecular complexity index is 1040. The molecular formula is C27H41N5O6S. The Kier molecular flexibility index (Phi) is 9.38. The number of carboxylic acids is 1. The average molecular weight is 564 g/mol. The Morgan fingerprint density at radius 1 is 1.23 bits per heavy atom. The number of hydrogen-bond acceptors (Lipinski definition) is 8. The molecule has 4 aliphatic rings. The lowest BCUT2D eigenvalue weighted by atomic mass is 9.73. The highest BCUT2D eigenvalue weighted by atomic mass is 32.2. The van der Waals surface area contributed by atoms with Crippen molar-refractivity contribution in [3.63, 3.8) is 0 Å². The number of ketones is 1. The summed E-state index contributed by atoms with van der Waals surface area (Å²) >= 11 is 1.45. The molecule has 0 spiro atoms. The Labute approximate surface area is 234 Å². The van der Waals surface area contributed by atoms with Crippen LogP contribution in [0.15, 0.2) is 10.6 Å². The number of amides is 3. The summed E-state index contributed by atoms with van der Waals surface area (Å²) in [6, 6.07) is -0.662. The molecule has 0 bridgehead atoms. The number of aliphatic carboxylic acids is 1. The topological polar surface area (TPSA) is 139 Å². The van der Waals surface area contributed by atoms with Crippen LogP contribution >= 0.6 is 11.8 Å². The molecule has 39 heavy (non-hydrogen) atoms. The van der Waals surface area contributed by atoms with Crippen LogP contribution in [0, 0.1) is 17.8 Å². The van der Waals surface area contributed by atoms with Crippen molar-refractivity contribution >= 4 is 41.2 Å². The highest BCUT2D eigenvalue weighted by molar-refractivity contribution is 8.03. The lowest BCUT2D eigenvalue weighted by molar-refractivity contribution is -0.160. The molecule has 0 aromatic heterocycles.